The summed E-state index contributed by atoms with van der Waals surface area (Å²) in [5.41, 5.74) is 3.68. The molecule has 3 aromatic heterocycles. The summed E-state index contributed by atoms with van der Waals surface area (Å²) in [7, 11) is 1.86. The quantitative estimate of drug-likeness (QED) is 0.232. The number of tetrazole rings is 1. The highest BCUT2D eigenvalue weighted by molar-refractivity contribution is 6.30. The molecule has 202 valence electrons. The molecule has 0 aliphatic heterocycles. The molecule has 40 heavy (non-hydrogen) atoms. The van der Waals surface area contributed by atoms with Crippen LogP contribution in [-0.2, 0) is 19.2 Å². The van der Waals surface area contributed by atoms with Crippen molar-refractivity contribution in [3.63, 3.8) is 0 Å². The van der Waals surface area contributed by atoms with Gasteiger partial charge in [0.15, 0.2) is 5.60 Å². The Balaban J connectivity index is 1.52. The van der Waals surface area contributed by atoms with E-state index in [0.29, 0.717) is 46.3 Å². The minimum absolute atomic E-state index is 0.156. The average molecular weight is 555 g/mol. The van der Waals surface area contributed by atoms with Crippen LogP contribution < -0.4 is 5.32 Å². The lowest BCUT2D eigenvalue weighted by molar-refractivity contribution is 0.117. The molecule has 3 heterocycles. The van der Waals surface area contributed by atoms with Crippen LogP contribution >= 0.6 is 11.6 Å². The van der Waals surface area contributed by atoms with Gasteiger partial charge in [0.2, 0.25) is 0 Å². The smallest absolute Gasteiger partial charge is 0.274 e. The van der Waals surface area contributed by atoms with E-state index in [4.69, 9.17) is 21.7 Å². The summed E-state index contributed by atoms with van der Waals surface area (Å²) in [6.45, 7) is 1.55. The lowest BCUT2D eigenvalue weighted by atomic mass is 9.82. The van der Waals surface area contributed by atoms with E-state index in [-0.39, 0.29) is 6.61 Å². The summed E-state index contributed by atoms with van der Waals surface area (Å²) in [6.07, 6.45) is 4.04. The summed E-state index contributed by atoms with van der Waals surface area (Å²) >= 11 is 6.33. The molecule has 6 aromatic rings. The van der Waals surface area contributed by atoms with Crippen molar-refractivity contribution >= 4 is 28.3 Å². The normalized spacial score (nSPS) is 13.2. The van der Waals surface area contributed by atoms with Crippen LogP contribution in [0.2, 0.25) is 5.02 Å². The maximum absolute atomic E-state index is 12.6. The van der Waals surface area contributed by atoms with Crippen molar-refractivity contribution in [1.29, 1.82) is 0 Å². The van der Waals surface area contributed by atoms with E-state index in [9.17, 15) is 5.11 Å². The zero-order valence-corrected chi connectivity index (χ0v) is 22.5. The maximum atomic E-state index is 12.6. The van der Waals surface area contributed by atoms with E-state index >= 15 is 0 Å². The fourth-order valence-electron chi connectivity index (χ4n) is 5.03. The zero-order valence-electron chi connectivity index (χ0n) is 21.7. The van der Waals surface area contributed by atoms with Crippen LogP contribution in [-0.4, -0.2) is 57.9 Å². The Morgan fingerprint density at radius 3 is 2.60 bits per heavy atom. The minimum atomic E-state index is -1.52. The number of aliphatic hydroxyl groups is 2. The van der Waals surface area contributed by atoms with Crippen LogP contribution in [0.5, 0.6) is 0 Å². The van der Waals surface area contributed by atoms with Crippen molar-refractivity contribution in [1.82, 2.24) is 39.9 Å². The van der Waals surface area contributed by atoms with Gasteiger partial charge in [-0.2, -0.15) is 4.52 Å². The van der Waals surface area contributed by atoms with Crippen molar-refractivity contribution in [3.05, 3.63) is 107 Å². The molecular weight excluding hydrogens is 528 g/mol. The first kappa shape index (κ1) is 26.0. The third kappa shape index (κ3) is 4.61. The molecule has 0 saturated carbocycles. The number of hydrogen-bond acceptors (Lipinski definition) is 8. The molecule has 11 heteroatoms. The van der Waals surface area contributed by atoms with Gasteiger partial charge in [-0.05, 0) is 64.3 Å². The van der Waals surface area contributed by atoms with Crippen LogP contribution in [0.3, 0.4) is 0 Å². The molecule has 0 aliphatic carbocycles. The number of aromatic nitrogens is 7. The number of halogens is 1. The summed E-state index contributed by atoms with van der Waals surface area (Å²) < 4.78 is 3.39. The number of benzene rings is 3. The van der Waals surface area contributed by atoms with E-state index < -0.39 is 5.60 Å². The minimum Gasteiger partial charge on any atom is -0.396 e. The van der Waals surface area contributed by atoms with Crippen LogP contribution in [0.1, 0.15) is 28.8 Å². The summed E-state index contributed by atoms with van der Waals surface area (Å²) in [5, 5.41) is 38.3. The Kier molecular flexibility index (Phi) is 6.99. The van der Waals surface area contributed by atoms with Crippen molar-refractivity contribution in [2.75, 3.05) is 13.2 Å². The zero-order chi connectivity index (χ0) is 27.7. The van der Waals surface area contributed by atoms with E-state index in [1.54, 1.807) is 17.0 Å². The van der Waals surface area contributed by atoms with Crippen LogP contribution in [0.4, 0.5) is 0 Å². The molecule has 3 aromatic carbocycles. The third-order valence-electron chi connectivity index (χ3n) is 7.06. The molecule has 0 fully saturated rings. The molecule has 0 radical (unpaired) electrons. The first-order valence-corrected chi connectivity index (χ1v) is 13.3. The molecule has 3 N–H and O–H groups in total. The molecule has 6 rings (SSSR count). The van der Waals surface area contributed by atoms with Gasteiger partial charge in [0.1, 0.15) is 0 Å². The highest BCUT2D eigenvalue weighted by Gasteiger charge is 2.37. The summed E-state index contributed by atoms with van der Waals surface area (Å²) in [6, 6.07) is 21.0. The molecule has 10 nitrogen and oxygen atoms in total. The second-order valence-corrected chi connectivity index (χ2v) is 10.1. The Bertz CT molecular complexity index is 1800. The molecule has 0 spiro atoms. The van der Waals surface area contributed by atoms with Crippen molar-refractivity contribution in [2.24, 2.45) is 7.05 Å². The number of imidazole rings is 1. The van der Waals surface area contributed by atoms with Crippen molar-refractivity contribution in [3.8, 4) is 11.3 Å². The van der Waals surface area contributed by atoms with Gasteiger partial charge in [-0.25, -0.2) is 9.97 Å². The molecular formula is C29H27ClN8O2. The van der Waals surface area contributed by atoms with Gasteiger partial charge >= 0.3 is 0 Å². The lowest BCUT2D eigenvalue weighted by Crippen LogP contribution is -2.31. The molecule has 1 unspecified atom stereocenters. The number of aryl methyl sites for hydroxylation is 1. The van der Waals surface area contributed by atoms with Gasteiger partial charge in [0.05, 0.1) is 29.4 Å². The molecule has 1 atom stereocenters. The number of nitrogens with zero attached hydrogens (tertiary/aromatic N) is 7. The van der Waals surface area contributed by atoms with Gasteiger partial charge in [0.25, 0.3) is 5.78 Å². The number of aliphatic hydroxyl groups excluding tert-OH is 1. The van der Waals surface area contributed by atoms with E-state index in [0.717, 1.165) is 28.6 Å². The molecule has 0 bridgehead atoms. The first-order chi connectivity index (χ1) is 19.5. The van der Waals surface area contributed by atoms with Crippen LogP contribution in [0, 0.1) is 0 Å². The predicted molar refractivity (Wildman–Crippen MR) is 152 cm³/mol. The third-order valence-corrected chi connectivity index (χ3v) is 7.30. The molecule has 0 amide bonds. The SMILES string of the molecule is Cn1cncc1C(O)(c1ccc(CNCCCO)cc1)c1ccc2c(c1)c(-c1cccc(Cl)c1)nc1nnnn12. The van der Waals surface area contributed by atoms with Gasteiger partial charge < -0.3 is 20.1 Å². The number of nitrogens with one attached hydrogen (secondary N) is 1. The van der Waals surface area contributed by atoms with Crippen molar-refractivity contribution in [2.45, 2.75) is 18.6 Å². The Labute approximate surface area is 234 Å². The largest absolute Gasteiger partial charge is 0.396 e. The van der Waals surface area contributed by atoms with Crippen LogP contribution in [0.25, 0.3) is 27.9 Å². The molecule has 0 aliphatic rings. The highest BCUT2D eigenvalue weighted by atomic mass is 35.5. The average Bonchev–Trinajstić information content (AvgIpc) is 3.64. The lowest BCUT2D eigenvalue weighted by Gasteiger charge is -2.30. The second-order valence-electron chi connectivity index (χ2n) is 9.64. The fourth-order valence-corrected chi connectivity index (χ4v) is 5.22. The summed E-state index contributed by atoms with van der Waals surface area (Å²) in [4.78, 5) is 9.05. The Morgan fingerprint density at radius 2 is 1.85 bits per heavy atom. The predicted octanol–water partition coefficient (Wildman–Crippen LogP) is 3.48. The van der Waals surface area contributed by atoms with Crippen LogP contribution in [0.15, 0.2) is 79.3 Å². The number of rotatable bonds is 9. The first-order valence-electron chi connectivity index (χ1n) is 12.9. The van der Waals surface area contributed by atoms with Gasteiger partial charge in [-0.3, -0.25) is 0 Å². The van der Waals surface area contributed by atoms with Gasteiger partial charge in [-0.15, -0.1) is 0 Å². The van der Waals surface area contributed by atoms with E-state index in [1.807, 2.05) is 78.3 Å². The van der Waals surface area contributed by atoms with E-state index in [1.165, 1.54) is 0 Å². The Hall–Kier alpha value is -4.22. The Morgan fingerprint density at radius 1 is 1.02 bits per heavy atom. The van der Waals surface area contributed by atoms with Gasteiger partial charge in [0, 0.05) is 36.2 Å². The highest BCUT2D eigenvalue weighted by Crippen LogP contribution is 2.39. The topological polar surface area (TPSA) is 126 Å². The van der Waals surface area contributed by atoms with Crippen molar-refractivity contribution < 1.29 is 10.2 Å². The number of fused-ring (bicyclic) bond motifs is 3. The molecule has 0 saturated heterocycles. The second kappa shape index (κ2) is 10.7. The maximum Gasteiger partial charge on any atom is 0.274 e. The number of hydrogen-bond donors (Lipinski definition) is 3. The summed E-state index contributed by atoms with van der Waals surface area (Å²) in [5.74, 6) is 0.361. The monoisotopic (exact) mass is 554 g/mol. The van der Waals surface area contributed by atoms with Gasteiger partial charge in [-0.1, -0.05) is 59.2 Å². The van der Waals surface area contributed by atoms with E-state index in [2.05, 4.69) is 25.8 Å². The fraction of sp³-hybridized carbons (Fsp3) is 0.207. The standard InChI is InChI=1S/C29H27ClN8O2/c1-37-18-32-17-26(37)29(40,21-8-6-19(7-9-21)16-31-12-3-13-39)22-10-11-25-24(15-22)27(20-4-2-5-23(30)14-20)33-28-34-35-36-38(25)28/h2,4-11,14-15,17-18,31,39-40H,3,12-13,16H2,1H3.